The highest BCUT2D eigenvalue weighted by Crippen LogP contribution is 2.14. The fourth-order valence-corrected chi connectivity index (χ4v) is 1.32. The molecule has 0 radical (unpaired) electrons. The third-order valence-electron chi connectivity index (χ3n) is 1.87. The molecule has 0 saturated heterocycles. The smallest absolute Gasteiger partial charge is 0.0440 e. The van der Waals surface area contributed by atoms with E-state index in [-0.39, 0.29) is 6.61 Å². The maximum atomic E-state index is 8.57. The molecular formula is C12H13ClO. The molecule has 0 aliphatic rings. The first-order valence-corrected chi connectivity index (χ1v) is 4.97. The molecule has 0 saturated carbocycles. The Balaban J connectivity index is 2.70. The normalized spacial score (nSPS) is 9.36. The van der Waals surface area contributed by atoms with E-state index in [0.29, 0.717) is 0 Å². The Hall–Kier alpha value is -0.970. The number of hydrogen-bond donors (Lipinski definition) is 1. The van der Waals surface area contributed by atoms with Gasteiger partial charge < -0.3 is 5.11 Å². The van der Waals surface area contributed by atoms with Crippen LogP contribution in [0.3, 0.4) is 0 Å². The van der Waals surface area contributed by atoms with Crippen molar-refractivity contribution in [2.45, 2.75) is 19.8 Å². The number of benzene rings is 1. The summed E-state index contributed by atoms with van der Waals surface area (Å²) in [7, 11) is 0. The van der Waals surface area contributed by atoms with Crippen LogP contribution in [0.2, 0.25) is 5.02 Å². The van der Waals surface area contributed by atoms with Gasteiger partial charge in [0.2, 0.25) is 0 Å². The van der Waals surface area contributed by atoms with Gasteiger partial charge >= 0.3 is 0 Å². The fraction of sp³-hybridized carbons (Fsp3) is 0.333. The molecule has 0 spiro atoms. The minimum absolute atomic E-state index is 0.203. The molecule has 0 unspecified atom stereocenters. The molecule has 0 fully saturated rings. The van der Waals surface area contributed by atoms with E-state index < -0.39 is 0 Å². The second kappa shape index (κ2) is 5.70. The van der Waals surface area contributed by atoms with Gasteiger partial charge in [-0.15, -0.1) is 0 Å². The summed E-state index contributed by atoms with van der Waals surface area (Å²) in [6.45, 7) is 2.19. The van der Waals surface area contributed by atoms with E-state index in [9.17, 15) is 0 Å². The summed E-state index contributed by atoms with van der Waals surface area (Å²) in [5.41, 5.74) is 2.10. The monoisotopic (exact) mass is 208 g/mol. The van der Waals surface area contributed by atoms with Gasteiger partial charge in [-0.1, -0.05) is 23.4 Å². The molecule has 1 aromatic carbocycles. The second-order valence-electron chi connectivity index (χ2n) is 3.09. The largest absolute Gasteiger partial charge is 0.396 e. The van der Waals surface area contributed by atoms with Crippen LogP contribution in [0.1, 0.15) is 24.0 Å². The van der Waals surface area contributed by atoms with Crippen LogP contribution in [0.15, 0.2) is 18.2 Å². The summed E-state index contributed by atoms with van der Waals surface area (Å²) in [5, 5.41) is 9.31. The van der Waals surface area contributed by atoms with Crippen molar-refractivity contribution >= 4 is 11.6 Å². The number of aliphatic hydroxyl groups is 1. The van der Waals surface area contributed by atoms with E-state index in [2.05, 4.69) is 11.8 Å². The van der Waals surface area contributed by atoms with Crippen molar-refractivity contribution in [3.8, 4) is 11.8 Å². The SMILES string of the molecule is Cc1cc(Cl)ccc1C#CCCCO. The predicted molar refractivity (Wildman–Crippen MR) is 59.4 cm³/mol. The minimum Gasteiger partial charge on any atom is -0.396 e. The van der Waals surface area contributed by atoms with E-state index in [1.54, 1.807) is 0 Å². The summed E-state index contributed by atoms with van der Waals surface area (Å²) in [5.74, 6) is 6.07. The topological polar surface area (TPSA) is 20.2 Å². The Kier molecular flexibility index (Phi) is 4.52. The van der Waals surface area contributed by atoms with Crippen molar-refractivity contribution in [3.05, 3.63) is 34.3 Å². The van der Waals surface area contributed by atoms with Gasteiger partial charge in [0.1, 0.15) is 0 Å². The van der Waals surface area contributed by atoms with Crippen LogP contribution in [0.5, 0.6) is 0 Å². The van der Waals surface area contributed by atoms with E-state index in [1.165, 1.54) is 0 Å². The Morgan fingerprint density at radius 3 is 2.86 bits per heavy atom. The van der Waals surface area contributed by atoms with Crippen LogP contribution in [0, 0.1) is 18.8 Å². The zero-order valence-corrected chi connectivity index (χ0v) is 8.93. The summed E-state index contributed by atoms with van der Waals surface area (Å²) in [6.07, 6.45) is 1.47. The lowest BCUT2D eigenvalue weighted by Gasteiger charge is -1.97. The molecule has 1 aromatic rings. The minimum atomic E-state index is 0.203. The lowest BCUT2D eigenvalue weighted by atomic mass is 10.1. The average molecular weight is 209 g/mol. The summed E-state index contributed by atoms with van der Waals surface area (Å²) in [4.78, 5) is 0. The lowest BCUT2D eigenvalue weighted by Crippen LogP contribution is -1.82. The second-order valence-corrected chi connectivity index (χ2v) is 3.52. The molecule has 0 amide bonds. The first-order chi connectivity index (χ1) is 6.74. The molecule has 0 bridgehead atoms. The average Bonchev–Trinajstić information content (AvgIpc) is 2.15. The predicted octanol–water partition coefficient (Wildman–Crippen LogP) is 2.77. The van der Waals surface area contributed by atoms with E-state index in [0.717, 1.165) is 29.0 Å². The summed E-state index contributed by atoms with van der Waals surface area (Å²) in [6, 6.07) is 5.66. The van der Waals surface area contributed by atoms with E-state index >= 15 is 0 Å². The van der Waals surface area contributed by atoms with Gasteiger partial charge in [0.15, 0.2) is 0 Å². The van der Waals surface area contributed by atoms with Crippen molar-refractivity contribution in [2.75, 3.05) is 6.61 Å². The highest BCUT2D eigenvalue weighted by Gasteiger charge is 1.94. The van der Waals surface area contributed by atoms with Gasteiger partial charge in [-0.25, -0.2) is 0 Å². The third kappa shape index (κ3) is 3.41. The molecule has 1 N–H and O–H groups in total. The third-order valence-corrected chi connectivity index (χ3v) is 2.11. The number of unbranched alkanes of at least 4 members (excludes halogenated alkanes) is 1. The van der Waals surface area contributed by atoms with Crippen LogP contribution in [0.25, 0.3) is 0 Å². The summed E-state index contributed by atoms with van der Waals surface area (Å²) < 4.78 is 0. The Bertz CT molecular complexity index is 360. The molecular weight excluding hydrogens is 196 g/mol. The van der Waals surface area contributed by atoms with Crippen molar-refractivity contribution < 1.29 is 5.11 Å². The van der Waals surface area contributed by atoms with Crippen LogP contribution >= 0.6 is 11.6 Å². The number of aryl methyl sites for hydroxylation is 1. The van der Waals surface area contributed by atoms with Crippen LogP contribution in [-0.2, 0) is 0 Å². The summed E-state index contributed by atoms with van der Waals surface area (Å²) >= 11 is 5.82. The molecule has 0 heterocycles. The zero-order valence-electron chi connectivity index (χ0n) is 8.18. The van der Waals surface area contributed by atoms with E-state index in [1.807, 2.05) is 25.1 Å². The van der Waals surface area contributed by atoms with Crippen LogP contribution in [0.4, 0.5) is 0 Å². The molecule has 0 aliphatic heterocycles. The fourth-order valence-electron chi connectivity index (χ4n) is 1.09. The van der Waals surface area contributed by atoms with Crippen molar-refractivity contribution in [1.29, 1.82) is 0 Å². The maximum absolute atomic E-state index is 8.57. The molecule has 0 aliphatic carbocycles. The first-order valence-electron chi connectivity index (χ1n) is 4.60. The Labute approximate surface area is 89.7 Å². The van der Waals surface area contributed by atoms with Gasteiger partial charge in [0, 0.05) is 23.6 Å². The zero-order chi connectivity index (χ0) is 10.4. The molecule has 1 rings (SSSR count). The highest BCUT2D eigenvalue weighted by atomic mass is 35.5. The first kappa shape index (κ1) is 11.1. The lowest BCUT2D eigenvalue weighted by molar-refractivity contribution is 0.290. The van der Waals surface area contributed by atoms with E-state index in [4.69, 9.17) is 16.7 Å². The molecule has 2 heteroatoms. The van der Waals surface area contributed by atoms with Crippen LogP contribution < -0.4 is 0 Å². The van der Waals surface area contributed by atoms with Gasteiger partial charge in [0.25, 0.3) is 0 Å². The number of aliphatic hydroxyl groups excluding tert-OH is 1. The standard InChI is InChI=1S/C12H13ClO/c1-10-9-12(13)7-6-11(10)5-3-2-4-8-14/h6-7,9,14H,2,4,8H2,1H3. The van der Waals surface area contributed by atoms with Gasteiger partial charge in [-0.3, -0.25) is 0 Å². The maximum Gasteiger partial charge on any atom is 0.0440 e. The molecule has 0 aromatic heterocycles. The van der Waals surface area contributed by atoms with Gasteiger partial charge in [-0.05, 0) is 37.1 Å². The number of rotatable bonds is 2. The molecule has 14 heavy (non-hydrogen) atoms. The van der Waals surface area contributed by atoms with Gasteiger partial charge in [0.05, 0.1) is 0 Å². The van der Waals surface area contributed by atoms with Crippen molar-refractivity contribution in [2.24, 2.45) is 0 Å². The Morgan fingerprint density at radius 2 is 2.21 bits per heavy atom. The molecule has 74 valence electrons. The number of hydrogen-bond acceptors (Lipinski definition) is 1. The highest BCUT2D eigenvalue weighted by molar-refractivity contribution is 6.30. The van der Waals surface area contributed by atoms with Gasteiger partial charge in [-0.2, -0.15) is 0 Å². The Morgan fingerprint density at radius 1 is 1.43 bits per heavy atom. The van der Waals surface area contributed by atoms with Crippen molar-refractivity contribution in [3.63, 3.8) is 0 Å². The quantitative estimate of drug-likeness (QED) is 0.586. The molecule has 0 atom stereocenters. The molecule has 1 nitrogen and oxygen atoms in total. The number of halogens is 1. The van der Waals surface area contributed by atoms with Crippen molar-refractivity contribution in [1.82, 2.24) is 0 Å². The van der Waals surface area contributed by atoms with Crippen LogP contribution in [-0.4, -0.2) is 11.7 Å².